The van der Waals surface area contributed by atoms with E-state index < -0.39 is 11.6 Å². The topological polar surface area (TPSA) is 49.4 Å². The summed E-state index contributed by atoms with van der Waals surface area (Å²) in [6, 6.07) is 13.7. The van der Waals surface area contributed by atoms with Crippen molar-refractivity contribution < 1.29 is 14.0 Å². The minimum Gasteiger partial charge on any atom is -0.350 e. The fourth-order valence-electron chi connectivity index (χ4n) is 3.19. The zero-order valence-corrected chi connectivity index (χ0v) is 19.9. The average Bonchev–Trinajstić information content (AvgIpc) is 2.69. The fraction of sp³-hybridized carbons (Fsp3) is 0.440. The minimum atomic E-state index is -0.582. The molecular formula is C25H33FN2O2S. The standard InChI is InChI=1S/C25H33FN2O2S/c1-6-22(24(30)27-25(3,4)5)28(17-19-9-11-20(26)12-10-19)23(29)15-16-31-21-13-7-18(2)8-14-21/h7-14,22H,6,15-17H2,1-5H3,(H,27,30)/t22-/m1/s1. The summed E-state index contributed by atoms with van der Waals surface area (Å²) < 4.78 is 13.3. The van der Waals surface area contributed by atoms with Gasteiger partial charge in [-0.2, -0.15) is 0 Å². The molecule has 0 aliphatic heterocycles. The van der Waals surface area contributed by atoms with Gasteiger partial charge in [0.1, 0.15) is 11.9 Å². The zero-order chi connectivity index (χ0) is 23.0. The number of carbonyl (C=O) groups excluding carboxylic acids is 2. The zero-order valence-electron chi connectivity index (χ0n) is 19.1. The van der Waals surface area contributed by atoms with E-state index in [-0.39, 0.29) is 24.2 Å². The highest BCUT2D eigenvalue weighted by molar-refractivity contribution is 7.99. The Hall–Kier alpha value is -2.34. The number of benzene rings is 2. The quantitative estimate of drug-likeness (QED) is 0.531. The normalized spacial score (nSPS) is 12.3. The number of amides is 2. The molecule has 0 bridgehead atoms. The molecule has 0 saturated heterocycles. The third-order valence-corrected chi connectivity index (χ3v) is 5.77. The van der Waals surface area contributed by atoms with Crippen molar-refractivity contribution >= 4 is 23.6 Å². The molecule has 6 heteroatoms. The Bertz CT molecular complexity index is 861. The van der Waals surface area contributed by atoms with Gasteiger partial charge in [0.2, 0.25) is 11.8 Å². The smallest absolute Gasteiger partial charge is 0.243 e. The molecule has 1 N–H and O–H groups in total. The molecule has 0 aliphatic rings. The molecule has 2 amide bonds. The van der Waals surface area contributed by atoms with Gasteiger partial charge in [-0.1, -0.05) is 36.8 Å². The molecule has 2 aromatic rings. The van der Waals surface area contributed by atoms with Crippen LogP contribution in [-0.4, -0.2) is 34.0 Å². The Kier molecular flexibility index (Phi) is 9.11. The van der Waals surface area contributed by atoms with Crippen LogP contribution in [0, 0.1) is 12.7 Å². The lowest BCUT2D eigenvalue weighted by Crippen LogP contribution is -2.53. The number of halogens is 1. The molecule has 1 atom stereocenters. The Morgan fingerprint density at radius 1 is 1.06 bits per heavy atom. The summed E-state index contributed by atoms with van der Waals surface area (Å²) in [6.45, 7) is 9.97. The Morgan fingerprint density at radius 3 is 2.23 bits per heavy atom. The lowest BCUT2D eigenvalue weighted by Gasteiger charge is -2.33. The monoisotopic (exact) mass is 444 g/mol. The van der Waals surface area contributed by atoms with Crippen LogP contribution in [0.1, 0.15) is 51.7 Å². The Morgan fingerprint density at radius 2 is 1.68 bits per heavy atom. The van der Waals surface area contributed by atoms with Crippen LogP contribution in [0.5, 0.6) is 0 Å². The van der Waals surface area contributed by atoms with Gasteiger partial charge >= 0.3 is 0 Å². The summed E-state index contributed by atoms with van der Waals surface area (Å²) in [5.74, 6) is 0.0456. The van der Waals surface area contributed by atoms with Crippen molar-refractivity contribution in [2.75, 3.05) is 5.75 Å². The molecule has 0 saturated carbocycles. The van der Waals surface area contributed by atoms with Crippen molar-refractivity contribution in [2.24, 2.45) is 0 Å². The molecule has 31 heavy (non-hydrogen) atoms. The molecule has 0 aliphatic carbocycles. The van der Waals surface area contributed by atoms with Crippen molar-refractivity contribution in [3.63, 3.8) is 0 Å². The first kappa shape index (κ1) is 24.9. The van der Waals surface area contributed by atoms with E-state index in [2.05, 4.69) is 17.4 Å². The summed E-state index contributed by atoms with van der Waals surface area (Å²) >= 11 is 1.62. The Balaban J connectivity index is 2.14. The van der Waals surface area contributed by atoms with Crippen LogP contribution in [0.25, 0.3) is 0 Å². The van der Waals surface area contributed by atoms with E-state index in [1.165, 1.54) is 17.7 Å². The molecule has 0 unspecified atom stereocenters. The predicted octanol–water partition coefficient (Wildman–Crippen LogP) is 5.34. The summed E-state index contributed by atoms with van der Waals surface area (Å²) in [7, 11) is 0. The van der Waals surface area contributed by atoms with Crippen molar-refractivity contribution in [1.82, 2.24) is 10.2 Å². The molecule has 0 fully saturated rings. The maximum atomic E-state index is 13.3. The number of nitrogens with one attached hydrogen (secondary N) is 1. The third-order valence-electron chi connectivity index (χ3n) is 4.76. The fourth-order valence-corrected chi connectivity index (χ4v) is 4.03. The number of carbonyl (C=O) groups is 2. The van der Waals surface area contributed by atoms with E-state index in [1.807, 2.05) is 46.8 Å². The van der Waals surface area contributed by atoms with Gasteiger partial charge in [0.25, 0.3) is 0 Å². The minimum absolute atomic E-state index is 0.0835. The van der Waals surface area contributed by atoms with E-state index in [0.717, 1.165) is 10.5 Å². The number of nitrogens with zero attached hydrogens (tertiary/aromatic N) is 1. The highest BCUT2D eigenvalue weighted by Gasteiger charge is 2.30. The first-order valence-electron chi connectivity index (χ1n) is 10.6. The Labute approximate surface area is 189 Å². The van der Waals surface area contributed by atoms with Crippen LogP contribution in [0.4, 0.5) is 4.39 Å². The van der Waals surface area contributed by atoms with E-state index >= 15 is 0 Å². The second kappa shape index (κ2) is 11.3. The molecule has 0 heterocycles. The van der Waals surface area contributed by atoms with Gasteiger partial charge in [-0.25, -0.2) is 4.39 Å². The van der Waals surface area contributed by atoms with Gasteiger partial charge in [-0.3, -0.25) is 9.59 Å². The van der Waals surface area contributed by atoms with Gasteiger partial charge in [0.05, 0.1) is 0 Å². The third kappa shape index (κ3) is 8.37. The summed E-state index contributed by atoms with van der Waals surface area (Å²) in [5, 5.41) is 2.99. The molecule has 2 rings (SSSR count). The first-order valence-corrected chi connectivity index (χ1v) is 11.6. The lowest BCUT2D eigenvalue weighted by molar-refractivity contribution is -0.141. The van der Waals surface area contributed by atoms with Gasteiger partial charge in [-0.15, -0.1) is 11.8 Å². The SMILES string of the molecule is CC[C@H](C(=O)NC(C)(C)C)N(Cc1ccc(F)cc1)C(=O)CCSc1ccc(C)cc1. The maximum Gasteiger partial charge on any atom is 0.243 e. The van der Waals surface area contributed by atoms with Gasteiger partial charge in [0.15, 0.2) is 0 Å². The highest BCUT2D eigenvalue weighted by atomic mass is 32.2. The number of thioether (sulfide) groups is 1. The molecule has 168 valence electrons. The van der Waals surface area contributed by atoms with Crippen LogP contribution in [0.3, 0.4) is 0 Å². The van der Waals surface area contributed by atoms with E-state index in [1.54, 1.807) is 28.8 Å². The van der Waals surface area contributed by atoms with Crippen LogP contribution in [-0.2, 0) is 16.1 Å². The van der Waals surface area contributed by atoms with Crippen LogP contribution in [0.2, 0.25) is 0 Å². The first-order chi connectivity index (χ1) is 14.6. The molecule has 4 nitrogen and oxygen atoms in total. The van der Waals surface area contributed by atoms with Gasteiger partial charge < -0.3 is 10.2 Å². The van der Waals surface area contributed by atoms with E-state index in [9.17, 15) is 14.0 Å². The number of aryl methyl sites for hydroxylation is 1. The van der Waals surface area contributed by atoms with E-state index in [0.29, 0.717) is 18.6 Å². The van der Waals surface area contributed by atoms with Crippen LogP contribution in [0.15, 0.2) is 53.4 Å². The molecule has 0 radical (unpaired) electrons. The van der Waals surface area contributed by atoms with Crippen LogP contribution < -0.4 is 5.32 Å². The second-order valence-corrected chi connectivity index (χ2v) is 9.89. The van der Waals surface area contributed by atoms with Crippen molar-refractivity contribution in [3.05, 3.63) is 65.5 Å². The molecular weight excluding hydrogens is 411 g/mol. The lowest BCUT2D eigenvalue weighted by atomic mass is 10.1. The molecule has 0 aromatic heterocycles. The number of hydrogen-bond donors (Lipinski definition) is 1. The predicted molar refractivity (Wildman–Crippen MR) is 125 cm³/mol. The van der Waals surface area contributed by atoms with Gasteiger partial charge in [-0.05, 0) is 63.9 Å². The molecule has 0 spiro atoms. The van der Waals surface area contributed by atoms with Crippen molar-refractivity contribution in [2.45, 2.75) is 70.5 Å². The highest BCUT2D eigenvalue weighted by Crippen LogP contribution is 2.21. The second-order valence-electron chi connectivity index (χ2n) is 8.72. The number of hydrogen-bond acceptors (Lipinski definition) is 3. The summed E-state index contributed by atoms with van der Waals surface area (Å²) in [4.78, 5) is 28.9. The number of rotatable bonds is 9. The van der Waals surface area contributed by atoms with Crippen molar-refractivity contribution in [3.8, 4) is 0 Å². The van der Waals surface area contributed by atoms with Crippen molar-refractivity contribution in [1.29, 1.82) is 0 Å². The largest absolute Gasteiger partial charge is 0.350 e. The maximum absolute atomic E-state index is 13.3. The summed E-state index contributed by atoms with van der Waals surface area (Å²) in [6.07, 6.45) is 0.818. The van der Waals surface area contributed by atoms with E-state index in [4.69, 9.17) is 0 Å². The molecule has 2 aromatic carbocycles. The average molecular weight is 445 g/mol. The van der Waals surface area contributed by atoms with Crippen LogP contribution >= 0.6 is 11.8 Å². The van der Waals surface area contributed by atoms with Gasteiger partial charge in [0, 0.05) is 29.2 Å². The summed E-state index contributed by atoms with van der Waals surface area (Å²) in [5.41, 5.74) is 1.60.